The van der Waals surface area contributed by atoms with Crippen LogP contribution >= 0.6 is 0 Å². The molecule has 0 aliphatic rings. The van der Waals surface area contributed by atoms with E-state index >= 15 is 0 Å². The Balaban J connectivity index is 2.36. The summed E-state index contributed by atoms with van der Waals surface area (Å²) < 4.78 is 10.4. The van der Waals surface area contributed by atoms with E-state index in [9.17, 15) is 5.26 Å². The van der Waals surface area contributed by atoms with Crippen LogP contribution in [0.15, 0.2) is 30.6 Å². The second kappa shape index (κ2) is 6.64. The molecule has 5 nitrogen and oxygen atoms in total. The molecule has 0 unspecified atom stereocenters. The van der Waals surface area contributed by atoms with E-state index in [0.29, 0.717) is 24.7 Å². The van der Waals surface area contributed by atoms with Gasteiger partial charge in [-0.25, -0.2) is 4.98 Å². The van der Waals surface area contributed by atoms with Crippen LogP contribution in [-0.4, -0.2) is 30.3 Å². The third-order valence-electron chi connectivity index (χ3n) is 2.82. The van der Waals surface area contributed by atoms with Crippen molar-refractivity contribution >= 4 is 0 Å². The van der Waals surface area contributed by atoms with E-state index in [2.05, 4.69) is 16.0 Å². The Bertz CT molecular complexity index is 621. The highest BCUT2D eigenvalue weighted by Crippen LogP contribution is 2.27. The molecule has 2 heterocycles. The largest absolute Gasteiger partial charge is 0.474 e. The van der Waals surface area contributed by atoms with Gasteiger partial charge in [0.05, 0.1) is 6.61 Å². The van der Waals surface area contributed by atoms with Crippen molar-refractivity contribution in [1.82, 2.24) is 9.97 Å². The summed E-state index contributed by atoms with van der Waals surface area (Å²) in [5.74, 6) is 0.347. The summed E-state index contributed by atoms with van der Waals surface area (Å²) in [6.07, 6.45) is 3.42. The molecule has 0 saturated heterocycles. The highest BCUT2D eigenvalue weighted by molar-refractivity contribution is 5.68. The van der Waals surface area contributed by atoms with E-state index in [1.54, 1.807) is 25.6 Å². The van der Waals surface area contributed by atoms with Gasteiger partial charge in [0.1, 0.15) is 18.2 Å². The average Bonchev–Trinajstić information content (AvgIpc) is 2.48. The first-order valence-corrected chi connectivity index (χ1v) is 6.20. The van der Waals surface area contributed by atoms with Crippen molar-refractivity contribution in [3.63, 3.8) is 0 Å². The molecule has 0 aliphatic heterocycles. The molecule has 0 N–H and O–H groups in total. The zero-order chi connectivity index (χ0) is 14.4. The van der Waals surface area contributed by atoms with E-state index in [1.165, 1.54) is 0 Å². The van der Waals surface area contributed by atoms with Gasteiger partial charge in [-0.1, -0.05) is 0 Å². The molecule has 0 aromatic carbocycles. The molecule has 0 spiro atoms. The van der Waals surface area contributed by atoms with Gasteiger partial charge in [0, 0.05) is 30.8 Å². The minimum Gasteiger partial charge on any atom is -0.474 e. The molecule has 2 rings (SSSR count). The predicted octanol–water partition coefficient (Wildman–Crippen LogP) is 2.35. The first-order chi connectivity index (χ1) is 9.76. The van der Waals surface area contributed by atoms with Crippen LogP contribution in [0.1, 0.15) is 11.3 Å². The van der Waals surface area contributed by atoms with Crippen molar-refractivity contribution in [2.45, 2.75) is 6.92 Å². The van der Waals surface area contributed by atoms with E-state index < -0.39 is 0 Å². The number of rotatable bonds is 5. The summed E-state index contributed by atoms with van der Waals surface area (Å²) in [5.41, 5.74) is 3.11. The Morgan fingerprint density at radius 2 is 2.00 bits per heavy atom. The van der Waals surface area contributed by atoms with Crippen LogP contribution in [-0.2, 0) is 4.74 Å². The van der Waals surface area contributed by atoms with Crippen molar-refractivity contribution in [2.75, 3.05) is 20.3 Å². The Labute approximate surface area is 117 Å². The molecule has 20 heavy (non-hydrogen) atoms. The molecule has 0 bridgehead atoms. The van der Waals surface area contributed by atoms with Crippen LogP contribution in [0.4, 0.5) is 0 Å². The Morgan fingerprint density at radius 3 is 2.65 bits per heavy atom. The van der Waals surface area contributed by atoms with E-state index in [4.69, 9.17) is 9.47 Å². The number of aromatic nitrogens is 2. The number of nitrogens with zero attached hydrogens (tertiary/aromatic N) is 3. The summed E-state index contributed by atoms with van der Waals surface area (Å²) in [7, 11) is 1.60. The van der Waals surface area contributed by atoms with Gasteiger partial charge in [0.25, 0.3) is 0 Å². The fourth-order valence-corrected chi connectivity index (χ4v) is 1.82. The Hall–Kier alpha value is -2.45. The van der Waals surface area contributed by atoms with Crippen molar-refractivity contribution in [3.8, 4) is 23.1 Å². The smallest absolute Gasteiger partial charge is 0.232 e. The molecular weight excluding hydrogens is 254 g/mol. The van der Waals surface area contributed by atoms with Crippen LogP contribution in [0.5, 0.6) is 5.88 Å². The number of ether oxygens (including phenoxy) is 2. The molecule has 0 radical (unpaired) electrons. The van der Waals surface area contributed by atoms with Crippen LogP contribution in [0.25, 0.3) is 11.1 Å². The van der Waals surface area contributed by atoms with Gasteiger partial charge in [-0.2, -0.15) is 5.26 Å². The van der Waals surface area contributed by atoms with Gasteiger partial charge >= 0.3 is 0 Å². The molecule has 2 aromatic rings. The second-order valence-corrected chi connectivity index (χ2v) is 4.16. The second-order valence-electron chi connectivity index (χ2n) is 4.16. The highest BCUT2D eigenvalue weighted by atomic mass is 16.5. The third kappa shape index (κ3) is 3.11. The van der Waals surface area contributed by atoms with Gasteiger partial charge < -0.3 is 9.47 Å². The van der Waals surface area contributed by atoms with Crippen molar-refractivity contribution in [2.24, 2.45) is 0 Å². The van der Waals surface area contributed by atoms with Crippen molar-refractivity contribution in [1.29, 1.82) is 5.26 Å². The molecule has 0 amide bonds. The first-order valence-electron chi connectivity index (χ1n) is 6.20. The molecule has 5 heteroatoms. The summed E-state index contributed by atoms with van der Waals surface area (Å²) in [5, 5.41) is 9.22. The maximum atomic E-state index is 9.22. The zero-order valence-corrected chi connectivity index (χ0v) is 11.5. The molecule has 0 atom stereocenters. The lowest BCUT2D eigenvalue weighted by molar-refractivity contribution is 0.143. The molecule has 0 aliphatic carbocycles. The lowest BCUT2D eigenvalue weighted by Gasteiger charge is -2.11. The van der Waals surface area contributed by atoms with E-state index in [-0.39, 0.29) is 0 Å². The SMILES string of the molecule is COCCOc1nc(C)c(-c2ccncc2)cc1C#N. The lowest BCUT2D eigenvalue weighted by Crippen LogP contribution is -2.07. The van der Waals surface area contributed by atoms with Gasteiger partial charge in [-0.05, 0) is 30.7 Å². The fourth-order valence-electron chi connectivity index (χ4n) is 1.82. The molecule has 0 fully saturated rings. The Kier molecular flexibility index (Phi) is 4.64. The number of methoxy groups -OCH3 is 1. The normalized spacial score (nSPS) is 10.1. The number of hydrogen-bond donors (Lipinski definition) is 0. The number of aryl methyl sites for hydroxylation is 1. The molecule has 102 valence electrons. The number of pyridine rings is 2. The lowest BCUT2D eigenvalue weighted by atomic mass is 10.0. The van der Waals surface area contributed by atoms with Gasteiger partial charge in [-0.3, -0.25) is 4.98 Å². The average molecular weight is 269 g/mol. The third-order valence-corrected chi connectivity index (χ3v) is 2.82. The zero-order valence-electron chi connectivity index (χ0n) is 11.5. The van der Waals surface area contributed by atoms with Crippen LogP contribution in [0.2, 0.25) is 0 Å². The number of hydrogen-bond acceptors (Lipinski definition) is 5. The summed E-state index contributed by atoms with van der Waals surface area (Å²) in [4.78, 5) is 8.36. The van der Waals surface area contributed by atoms with Gasteiger partial charge in [-0.15, -0.1) is 0 Å². The fraction of sp³-hybridized carbons (Fsp3) is 0.267. The van der Waals surface area contributed by atoms with Crippen molar-refractivity contribution in [3.05, 3.63) is 41.9 Å². The van der Waals surface area contributed by atoms with Crippen molar-refractivity contribution < 1.29 is 9.47 Å². The molecular formula is C15H15N3O2. The highest BCUT2D eigenvalue weighted by Gasteiger charge is 2.11. The topological polar surface area (TPSA) is 68.0 Å². The monoisotopic (exact) mass is 269 g/mol. The maximum Gasteiger partial charge on any atom is 0.232 e. The number of nitriles is 1. The minimum absolute atomic E-state index is 0.347. The quantitative estimate of drug-likeness (QED) is 0.779. The van der Waals surface area contributed by atoms with Gasteiger partial charge in [0.15, 0.2) is 0 Å². The maximum absolute atomic E-state index is 9.22. The molecule has 2 aromatic heterocycles. The van der Waals surface area contributed by atoms with Crippen LogP contribution in [0.3, 0.4) is 0 Å². The standard InChI is InChI=1S/C15H15N3O2/c1-11-14(12-3-5-17-6-4-12)9-13(10-16)15(18-11)20-8-7-19-2/h3-6,9H,7-8H2,1-2H3. The summed E-state index contributed by atoms with van der Waals surface area (Å²) in [6, 6.07) is 7.68. The molecule has 0 saturated carbocycles. The predicted molar refractivity (Wildman–Crippen MR) is 74.3 cm³/mol. The first kappa shape index (κ1) is 14.0. The van der Waals surface area contributed by atoms with Gasteiger partial charge in [0.2, 0.25) is 5.88 Å². The van der Waals surface area contributed by atoms with Crippen LogP contribution in [0, 0.1) is 18.3 Å². The summed E-state index contributed by atoms with van der Waals surface area (Å²) >= 11 is 0. The summed E-state index contributed by atoms with van der Waals surface area (Å²) in [6.45, 7) is 2.71. The van der Waals surface area contributed by atoms with E-state index in [1.807, 2.05) is 19.1 Å². The van der Waals surface area contributed by atoms with Crippen LogP contribution < -0.4 is 4.74 Å². The van der Waals surface area contributed by atoms with E-state index in [0.717, 1.165) is 16.8 Å². The minimum atomic E-state index is 0.347. The Morgan fingerprint density at radius 1 is 1.25 bits per heavy atom.